The van der Waals surface area contributed by atoms with Crippen molar-refractivity contribution in [3.63, 3.8) is 0 Å². The van der Waals surface area contributed by atoms with Gasteiger partial charge in [-0.2, -0.15) is 0 Å². The first-order valence-corrected chi connectivity index (χ1v) is 9.07. The Morgan fingerprint density at radius 2 is 2.20 bits per heavy atom. The molecule has 2 aromatic rings. The summed E-state index contributed by atoms with van der Waals surface area (Å²) in [7, 11) is 1.69. The molecule has 5 heteroatoms. The number of carbonyl (C=O) groups excluding carboxylic acids is 1. The van der Waals surface area contributed by atoms with E-state index in [4.69, 9.17) is 4.74 Å². The lowest BCUT2D eigenvalue weighted by Crippen LogP contribution is -2.46. The third-order valence-electron chi connectivity index (χ3n) is 5.01. The Morgan fingerprint density at radius 1 is 1.36 bits per heavy atom. The summed E-state index contributed by atoms with van der Waals surface area (Å²) in [5, 5.41) is 7.59. The van der Waals surface area contributed by atoms with Crippen LogP contribution in [0.3, 0.4) is 0 Å². The van der Waals surface area contributed by atoms with Crippen LogP contribution in [-0.4, -0.2) is 43.2 Å². The van der Waals surface area contributed by atoms with Gasteiger partial charge < -0.3 is 15.4 Å². The van der Waals surface area contributed by atoms with Crippen LogP contribution in [0, 0.1) is 5.92 Å². The maximum atomic E-state index is 12.5. The van der Waals surface area contributed by atoms with Crippen molar-refractivity contribution in [2.75, 3.05) is 20.2 Å². The second kappa shape index (κ2) is 8.41. The van der Waals surface area contributed by atoms with Gasteiger partial charge >= 0.3 is 0 Å². The van der Waals surface area contributed by atoms with Crippen molar-refractivity contribution in [2.24, 2.45) is 5.92 Å². The van der Waals surface area contributed by atoms with Crippen LogP contribution in [0.25, 0.3) is 10.9 Å². The average Bonchev–Trinajstić information content (AvgIpc) is 3.16. The third-order valence-corrected chi connectivity index (χ3v) is 5.01. The molecule has 134 valence electrons. The molecule has 2 N–H and O–H groups in total. The van der Waals surface area contributed by atoms with E-state index >= 15 is 0 Å². The Bertz CT molecular complexity index is 713. The molecule has 1 fully saturated rings. The highest BCUT2D eigenvalue weighted by atomic mass is 16.5. The summed E-state index contributed by atoms with van der Waals surface area (Å²) in [5.74, 6) is -0.133. The number of amides is 1. The van der Waals surface area contributed by atoms with E-state index in [1.165, 1.54) is 0 Å². The molecule has 0 aliphatic carbocycles. The number of para-hydroxylation sites is 1. The zero-order valence-electron chi connectivity index (χ0n) is 15.0. The summed E-state index contributed by atoms with van der Waals surface area (Å²) in [6.45, 7) is 3.54. The Kier molecular flexibility index (Phi) is 6.00. The minimum absolute atomic E-state index is 0.0429. The highest BCUT2D eigenvalue weighted by molar-refractivity contribution is 5.79. The summed E-state index contributed by atoms with van der Waals surface area (Å²) in [6.07, 6.45) is 2.85. The van der Waals surface area contributed by atoms with E-state index in [2.05, 4.69) is 27.8 Å². The van der Waals surface area contributed by atoms with Crippen molar-refractivity contribution >= 4 is 16.8 Å². The number of pyridine rings is 1. The van der Waals surface area contributed by atoms with Crippen LogP contribution in [-0.2, 0) is 16.0 Å². The standard InChI is InChI=1S/C20H27N3O2/c1-14(19(25-2)18-8-5-12-21-18)20(24)22-13-11-16-10-9-15-6-3-4-7-17(15)23-16/h3-4,6-7,9-10,14,18-19,21H,5,8,11-13H2,1-2H3,(H,22,24)/t14-,18+,19-/m1/s1. The molecule has 0 spiro atoms. The van der Waals surface area contributed by atoms with Gasteiger partial charge in [-0.25, -0.2) is 0 Å². The first kappa shape index (κ1) is 17.8. The maximum absolute atomic E-state index is 12.5. The number of hydrogen-bond donors (Lipinski definition) is 2. The molecule has 1 amide bonds. The normalized spacial score (nSPS) is 19.7. The van der Waals surface area contributed by atoms with Gasteiger partial charge in [-0.05, 0) is 31.5 Å². The lowest BCUT2D eigenvalue weighted by atomic mass is 9.95. The van der Waals surface area contributed by atoms with Gasteiger partial charge in [-0.3, -0.25) is 9.78 Å². The highest BCUT2D eigenvalue weighted by Crippen LogP contribution is 2.19. The predicted molar refractivity (Wildman–Crippen MR) is 99.4 cm³/mol. The topological polar surface area (TPSA) is 63.2 Å². The van der Waals surface area contributed by atoms with Crippen LogP contribution < -0.4 is 10.6 Å². The van der Waals surface area contributed by atoms with Gasteiger partial charge in [0.15, 0.2) is 0 Å². The fourth-order valence-corrected chi connectivity index (χ4v) is 3.58. The van der Waals surface area contributed by atoms with Gasteiger partial charge in [-0.1, -0.05) is 31.2 Å². The number of aromatic nitrogens is 1. The first-order valence-electron chi connectivity index (χ1n) is 9.07. The predicted octanol–water partition coefficient (Wildman–Crippen LogP) is 2.30. The minimum Gasteiger partial charge on any atom is -0.379 e. The van der Waals surface area contributed by atoms with Gasteiger partial charge in [0.2, 0.25) is 5.91 Å². The molecule has 2 heterocycles. The lowest BCUT2D eigenvalue weighted by molar-refractivity contribution is -0.129. The summed E-state index contributed by atoms with van der Waals surface area (Å²) >= 11 is 0. The van der Waals surface area contributed by atoms with E-state index in [9.17, 15) is 4.79 Å². The van der Waals surface area contributed by atoms with Gasteiger partial charge in [-0.15, -0.1) is 0 Å². The molecule has 1 saturated heterocycles. The van der Waals surface area contributed by atoms with Gasteiger partial charge in [0.25, 0.3) is 0 Å². The van der Waals surface area contributed by atoms with Crippen LogP contribution >= 0.6 is 0 Å². The van der Waals surface area contributed by atoms with Crippen molar-refractivity contribution in [1.29, 1.82) is 0 Å². The maximum Gasteiger partial charge on any atom is 0.225 e. The SMILES string of the molecule is CO[C@@H]([C@@H]1CCCN1)[C@@H](C)C(=O)NCCc1ccc2ccccc2n1. The molecule has 5 nitrogen and oxygen atoms in total. The number of methoxy groups -OCH3 is 1. The largest absolute Gasteiger partial charge is 0.379 e. The number of nitrogens with zero attached hydrogens (tertiary/aromatic N) is 1. The van der Waals surface area contributed by atoms with E-state index < -0.39 is 0 Å². The van der Waals surface area contributed by atoms with Crippen molar-refractivity contribution in [3.05, 3.63) is 42.1 Å². The van der Waals surface area contributed by atoms with Gasteiger partial charge in [0.1, 0.15) is 0 Å². The average molecular weight is 341 g/mol. The first-order chi connectivity index (χ1) is 12.2. The number of nitrogens with one attached hydrogen (secondary N) is 2. The molecule has 0 saturated carbocycles. The molecule has 0 radical (unpaired) electrons. The zero-order valence-corrected chi connectivity index (χ0v) is 15.0. The molecular formula is C20H27N3O2. The van der Waals surface area contributed by atoms with Crippen LogP contribution in [0.15, 0.2) is 36.4 Å². The number of benzene rings is 1. The molecule has 3 rings (SSSR count). The molecule has 25 heavy (non-hydrogen) atoms. The molecular weight excluding hydrogens is 314 g/mol. The second-order valence-electron chi connectivity index (χ2n) is 6.73. The molecule has 1 aromatic carbocycles. The highest BCUT2D eigenvalue weighted by Gasteiger charge is 2.32. The van der Waals surface area contributed by atoms with Crippen molar-refractivity contribution < 1.29 is 9.53 Å². The fourth-order valence-electron chi connectivity index (χ4n) is 3.58. The monoisotopic (exact) mass is 341 g/mol. The Balaban J connectivity index is 1.52. The Hall–Kier alpha value is -1.98. The Morgan fingerprint density at radius 3 is 2.96 bits per heavy atom. The summed E-state index contributed by atoms with van der Waals surface area (Å²) < 4.78 is 5.59. The fraction of sp³-hybridized carbons (Fsp3) is 0.500. The number of fused-ring (bicyclic) bond motifs is 1. The molecule has 1 aromatic heterocycles. The van der Waals surface area contributed by atoms with Gasteiger partial charge in [0, 0.05) is 37.2 Å². The molecule has 1 aliphatic rings. The number of rotatable bonds is 7. The molecule has 3 atom stereocenters. The number of carbonyl (C=O) groups is 1. The smallest absolute Gasteiger partial charge is 0.225 e. The Labute approximate surface area is 149 Å². The summed E-state index contributed by atoms with van der Waals surface area (Å²) in [5.41, 5.74) is 1.99. The van der Waals surface area contributed by atoms with Crippen LogP contribution in [0.1, 0.15) is 25.5 Å². The summed E-state index contributed by atoms with van der Waals surface area (Å²) in [6, 6.07) is 12.4. The number of hydrogen-bond acceptors (Lipinski definition) is 4. The quantitative estimate of drug-likeness (QED) is 0.811. The zero-order chi connectivity index (χ0) is 17.6. The van der Waals surface area contributed by atoms with Crippen LogP contribution in [0.4, 0.5) is 0 Å². The van der Waals surface area contributed by atoms with Crippen LogP contribution in [0.5, 0.6) is 0 Å². The van der Waals surface area contributed by atoms with E-state index in [0.29, 0.717) is 6.54 Å². The van der Waals surface area contributed by atoms with E-state index in [1.807, 2.05) is 31.2 Å². The third kappa shape index (κ3) is 4.35. The van der Waals surface area contributed by atoms with Crippen molar-refractivity contribution in [2.45, 2.75) is 38.3 Å². The number of ether oxygens (including phenoxy) is 1. The van der Waals surface area contributed by atoms with E-state index in [1.54, 1.807) is 7.11 Å². The van der Waals surface area contributed by atoms with Crippen LogP contribution in [0.2, 0.25) is 0 Å². The van der Waals surface area contributed by atoms with Crippen molar-refractivity contribution in [1.82, 2.24) is 15.6 Å². The lowest BCUT2D eigenvalue weighted by Gasteiger charge is -2.27. The van der Waals surface area contributed by atoms with E-state index in [0.717, 1.165) is 42.4 Å². The summed E-state index contributed by atoms with van der Waals surface area (Å²) in [4.78, 5) is 17.1. The van der Waals surface area contributed by atoms with Gasteiger partial charge in [0.05, 0.1) is 17.5 Å². The molecule has 0 unspecified atom stereocenters. The molecule has 1 aliphatic heterocycles. The minimum atomic E-state index is -0.176. The molecule has 0 bridgehead atoms. The van der Waals surface area contributed by atoms with Crippen molar-refractivity contribution in [3.8, 4) is 0 Å². The second-order valence-corrected chi connectivity index (χ2v) is 6.73. The van der Waals surface area contributed by atoms with E-state index in [-0.39, 0.29) is 24.0 Å².